The van der Waals surface area contributed by atoms with Gasteiger partial charge in [-0.15, -0.1) is 0 Å². The molecule has 1 N–H and O–H groups in total. The van der Waals surface area contributed by atoms with Crippen molar-refractivity contribution in [2.24, 2.45) is 0 Å². The van der Waals surface area contributed by atoms with Crippen LogP contribution in [0.1, 0.15) is 23.2 Å². The van der Waals surface area contributed by atoms with Crippen LogP contribution < -0.4 is 5.32 Å². The third-order valence-corrected chi connectivity index (χ3v) is 2.76. The average molecular weight is 233 g/mol. The molecule has 1 saturated heterocycles. The van der Waals surface area contributed by atoms with Crippen LogP contribution in [0.25, 0.3) is 0 Å². The van der Waals surface area contributed by atoms with Gasteiger partial charge in [-0.25, -0.2) is 0 Å². The molecule has 0 aromatic heterocycles. The molecule has 0 radical (unpaired) electrons. The quantitative estimate of drug-likeness (QED) is 0.627. The van der Waals surface area contributed by atoms with Gasteiger partial charge in [0, 0.05) is 18.7 Å². The van der Waals surface area contributed by atoms with Gasteiger partial charge >= 0.3 is 0 Å². The minimum Gasteiger partial charge on any atom is -0.376 e. The summed E-state index contributed by atoms with van der Waals surface area (Å²) < 4.78 is 5.36. The molecule has 0 bridgehead atoms. The Morgan fingerprint density at radius 3 is 2.71 bits per heavy atom. The molecule has 2 rings (SSSR count). The number of carbonyl (C=O) groups is 2. The highest BCUT2D eigenvalue weighted by atomic mass is 16.5. The maximum atomic E-state index is 11.7. The second kappa shape index (κ2) is 5.59. The molecule has 1 atom stereocenters. The van der Waals surface area contributed by atoms with E-state index in [2.05, 4.69) is 5.32 Å². The van der Waals surface area contributed by atoms with Crippen LogP contribution in [0.5, 0.6) is 0 Å². The van der Waals surface area contributed by atoms with E-state index in [0.29, 0.717) is 12.1 Å². The first-order valence-electron chi connectivity index (χ1n) is 5.76. The van der Waals surface area contributed by atoms with E-state index in [1.54, 1.807) is 30.3 Å². The summed E-state index contributed by atoms with van der Waals surface area (Å²) in [5.41, 5.74) is 0.414. The minimum atomic E-state index is -0.563. The lowest BCUT2D eigenvalue weighted by Gasteiger charge is -2.09. The predicted octanol–water partition coefficient (Wildman–Crippen LogP) is 1.16. The van der Waals surface area contributed by atoms with Gasteiger partial charge in [-0.2, -0.15) is 0 Å². The number of ether oxygens (including phenoxy) is 1. The van der Waals surface area contributed by atoms with Crippen LogP contribution in [0.3, 0.4) is 0 Å². The number of hydrogen-bond donors (Lipinski definition) is 1. The molecule has 4 nitrogen and oxygen atoms in total. The van der Waals surface area contributed by atoms with Gasteiger partial charge in [-0.3, -0.25) is 9.59 Å². The molecule has 0 aliphatic carbocycles. The van der Waals surface area contributed by atoms with E-state index < -0.39 is 11.7 Å². The lowest BCUT2D eigenvalue weighted by atomic mass is 10.1. The minimum absolute atomic E-state index is 0.0579. The van der Waals surface area contributed by atoms with Crippen molar-refractivity contribution < 1.29 is 14.3 Å². The topological polar surface area (TPSA) is 55.4 Å². The van der Waals surface area contributed by atoms with Crippen molar-refractivity contribution in [2.75, 3.05) is 13.2 Å². The van der Waals surface area contributed by atoms with Crippen LogP contribution in [0.4, 0.5) is 0 Å². The average Bonchev–Trinajstić information content (AvgIpc) is 2.89. The standard InChI is InChI=1S/C13H15NO3/c15-12(10-5-2-1-3-6-10)13(16)14-9-11-7-4-8-17-11/h1-3,5-6,11H,4,7-9H2,(H,14,16). The second-order valence-electron chi connectivity index (χ2n) is 4.04. The Morgan fingerprint density at radius 2 is 2.06 bits per heavy atom. The molecule has 1 fully saturated rings. The molecular formula is C13H15NO3. The number of hydrogen-bond acceptors (Lipinski definition) is 3. The van der Waals surface area contributed by atoms with E-state index in [-0.39, 0.29) is 6.10 Å². The van der Waals surface area contributed by atoms with Gasteiger partial charge in [0.2, 0.25) is 5.78 Å². The lowest BCUT2D eigenvalue weighted by molar-refractivity contribution is -0.117. The first kappa shape index (κ1) is 11.8. The number of carbonyl (C=O) groups excluding carboxylic acids is 2. The number of benzene rings is 1. The van der Waals surface area contributed by atoms with Gasteiger partial charge in [-0.1, -0.05) is 30.3 Å². The van der Waals surface area contributed by atoms with Crippen molar-refractivity contribution in [1.82, 2.24) is 5.32 Å². The van der Waals surface area contributed by atoms with E-state index in [4.69, 9.17) is 4.74 Å². The molecule has 1 amide bonds. The Kier molecular flexibility index (Phi) is 3.88. The lowest BCUT2D eigenvalue weighted by Crippen LogP contribution is -2.36. The number of ketones is 1. The highest BCUT2D eigenvalue weighted by Crippen LogP contribution is 2.10. The normalized spacial score (nSPS) is 18.9. The predicted molar refractivity (Wildman–Crippen MR) is 62.8 cm³/mol. The highest BCUT2D eigenvalue weighted by molar-refractivity contribution is 6.42. The number of nitrogens with one attached hydrogen (secondary N) is 1. The first-order valence-corrected chi connectivity index (χ1v) is 5.76. The fourth-order valence-corrected chi connectivity index (χ4v) is 1.81. The Bertz CT molecular complexity index is 396. The number of Topliss-reactive ketones (excluding diaryl/α,β-unsaturated/α-hetero) is 1. The molecular weight excluding hydrogens is 218 g/mol. The molecule has 1 aromatic carbocycles. The van der Waals surface area contributed by atoms with Crippen molar-refractivity contribution in [3.8, 4) is 0 Å². The molecule has 1 aromatic rings. The fourth-order valence-electron chi connectivity index (χ4n) is 1.81. The number of amides is 1. The zero-order valence-electron chi connectivity index (χ0n) is 9.52. The van der Waals surface area contributed by atoms with Crippen molar-refractivity contribution in [2.45, 2.75) is 18.9 Å². The Labute approximate surface area is 100.0 Å². The van der Waals surface area contributed by atoms with Crippen LogP contribution in [0.2, 0.25) is 0 Å². The number of rotatable bonds is 4. The van der Waals surface area contributed by atoms with E-state index in [1.807, 2.05) is 0 Å². The fraction of sp³-hybridized carbons (Fsp3) is 0.385. The molecule has 0 saturated carbocycles. The van der Waals surface area contributed by atoms with Gasteiger partial charge in [-0.05, 0) is 12.8 Å². The van der Waals surface area contributed by atoms with Gasteiger partial charge < -0.3 is 10.1 Å². The zero-order chi connectivity index (χ0) is 12.1. The first-order chi connectivity index (χ1) is 8.27. The molecule has 0 spiro atoms. The Balaban J connectivity index is 1.85. The molecule has 17 heavy (non-hydrogen) atoms. The van der Waals surface area contributed by atoms with Crippen molar-refractivity contribution in [3.05, 3.63) is 35.9 Å². The monoisotopic (exact) mass is 233 g/mol. The summed E-state index contributed by atoms with van der Waals surface area (Å²) in [6.07, 6.45) is 2.02. The van der Waals surface area contributed by atoms with Gasteiger partial charge in [0.1, 0.15) is 0 Å². The summed E-state index contributed by atoms with van der Waals surface area (Å²) in [6.45, 7) is 1.16. The maximum Gasteiger partial charge on any atom is 0.292 e. The summed E-state index contributed by atoms with van der Waals surface area (Å²) >= 11 is 0. The van der Waals surface area contributed by atoms with Gasteiger partial charge in [0.25, 0.3) is 5.91 Å². The summed E-state index contributed by atoms with van der Waals surface area (Å²) in [5.74, 6) is -1.06. The Morgan fingerprint density at radius 1 is 1.29 bits per heavy atom. The largest absolute Gasteiger partial charge is 0.376 e. The van der Waals surface area contributed by atoms with Crippen LogP contribution in [-0.4, -0.2) is 30.9 Å². The molecule has 1 unspecified atom stereocenters. The molecule has 4 heteroatoms. The Hall–Kier alpha value is -1.68. The summed E-state index contributed by atoms with van der Waals surface area (Å²) in [4.78, 5) is 23.3. The van der Waals surface area contributed by atoms with E-state index >= 15 is 0 Å². The van der Waals surface area contributed by atoms with E-state index in [1.165, 1.54) is 0 Å². The summed E-state index contributed by atoms with van der Waals surface area (Å²) in [5, 5.41) is 2.61. The SMILES string of the molecule is O=C(NCC1CCCO1)C(=O)c1ccccc1. The smallest absolute Gasteiger partial charge is 0.292 e. The molecule has 1 aliphatic heterocycles. The molecule has 1 heterocycles. The second-order valence-corrected chi connectivity index (χ2v) is 4.04. The zero-order valence-corrected chi connectivity index (χ0v) is 9.52. The summed E-state index contributed by atoms with van der Waals surface area (Å²) in [7, 11) is 0. The summed E-state index contributed by atoms with van der Waals surface area (Å²) in [6, 6.07) is 8.55. The maximum absolute atomic E-state index is 11.7. The van der Waals surface area contributed by atoms with Crippen LogP contribution >= 0.6 is 0 Å². The third kappa shape index (κ3) is 3.14. The van der Waals surface area contributed by atoms with Crippen molar-refractivity contribution in [3.63, 3.8) is 0 Å². The molecule has 1 aliphatic rings. The highest BCUT2D eigenvalue weighted by Gasteiger charge is 2.19. The molecule has 90 valence electrons. The van der Waals surface area contributed by atoms with E-state index in [9.17, 15) is 9.59 Å². The van der Waals surface area contributed by atoms with Crippen LogP contribution in [-0.2, 0) is 9.53 Å². The van der Waals surface area contributed by atoms with Gasteiger partial charge in [0.15, 0.2) is 0 Å². The van der Waals surface area contributed by atoms with Crippen LogP contribution in [0.15, 0.2) is 30.3 Å². The third-order valence-electron chi connectivity index (χ3n) is 2.76. The van der Waals surface area contributed by atoms with E-state index in [0.717, 1.165) is 19.4 Å². The van der Waals surface area contributed by atoms with Crippen LogP contribution in [0, 0.1) is 0 Å². The van der Waals surface area contributed by atoms with Crippen molar-refractivity contribution >= 4 is 11.7 Å². The van der Waals surface area contributed by atoms with Crippen molar-refractivity contribution in [1.29, 1.82) is 0 Å². The van der Waals surface area contributed by atoms with Gasteiger partial charge in [0.05, 0.1) is 6.10 Å².